The second-order valence-electron chi connectivity index (χ2n) is 7.60. The van der Waals surface area contributed by atoms with Gasteiger partial charge in [0, 0.05) is 18.2 Å². The molecule has 0 spiro atoms. The number of aliphatic hydroxyl groups excluding tert-OH is 1. The molecule has 0 aliphatic carbocycles. The van der Waals surface area contributed by atoms with Gasteiger partial charge < -0.3 is 24.4 Å². The van der Waals surface area contributed by atoms with E-state index in [1.54, 1.807) is 0 Å². The van der Waals surface area contributed by atoms with Gasteiger partial charge in [-0.1, -0.05) is 45.7 Å². The molecule has 0 atom stereocenters. The Hall–Kier alpha value is -1.81. The normalized spacial score (nSPS) is 11.1. The molecule has 1 aromatic heterocycles. The molecule has 8 heteroatoms. The minimum absolute atomic E-state index is 0.123. The minimum Gasteiger partial charge on any atom is -0.493 e. The third-order valence-corrected chi connectivity index (χ3v) is 5.74. The van der Waals surface area contributed by atoms with Crippen LogP contribution in [0.2, 0.25) is 0 Å². The second kappa shape index (κ2) is 12.9. The predicted octanol–water partition coefficient (Wildman–Crippen LogP) is 5.15. The van der Waals surface area contributed by atoms with E-state index in [-0.39, 0.29) is 24.8 Å². The molecule has 7 nitrogen and oxygen atoms in total. The van der Waals surface area contributed by atoms with Crippen LogP contribution >= 0.6 is 22.6 Å². The van der Waals surface area contributed by atoms with Gasteiger partial charge in [-0.2, -0.15) is 0 Å². The van der Waals surface area contributed by atoms with Crippen LogP contribution in [0, 0.1) is 3.57 Å². The number of rotatable bonds is 13. The van der Waals surface area contributed by atoms with Gasteiger partial charge in [-0.3, -0.25) is 4.79 Å². The topological polar surface area (TPSA) is 93.8 Å². The number of carbonyl (C=O) groups is 1. The van der Waals surface area contributed by atoms with E-state index in [0.29, 0.717) is 28.2 Å². The zero-order valence-corrected chi connectivity index (χ0v) is 21.0. The molecular formula is C23H33IN2O5. The van der Waals surface area contributed by atoms with Gasteiger partial charge in [0.05, 0.1) is 23.4 Å². The highest BCUT2D eigenvalue weighted by Gasteiger charge is 2.25. The Balaban J connectivity index is 2.50. The van der Waals surface area contributed by atoms with Gasteiger partial charge in [-0.25, -0.2) is 0 Å². The lowest BCUT2D eigenvalue weighted by molar-refractivity contribution is 0.0906. The van der Waals surface area contributed by atoms with E-state index < -0.39 is 5.91 Å². The van der Waals surface area contributed by atoms with Crippen LogP contribution in [0.15, 0.2) is 16.7 Å². The fraction of sp³-hybridized carbons (Fsp3) is 0.565. The van der Waals surface area contributed by atoms with Crippen molar-refractivity contribution >= 4 is 28.5 Å². The maximum absolute atomic E-state index is 12.3. The van der Waals surface area contributed by atoms with Crippen LogP contribution in [0.25, 0.3) is 11.3 Å². The van der Waals surface area contributed by atoms with Crippen molar-refractivity contribution in [3.63, 3.8) is 0 Å². The highest BCUT2D eigenvalue weighted by atomic mass is 127. The maximum Gasteiger partial charge on any atom is 0.291 e. The van der Waals surface area contributed by atoms with Crippen molar-refractivity contribution in [1.82, 2.24) is 10.5 Å². The fourth-order valence-corrected chi connectivity index (χ4v) is 3.68. The molecule has 1 aromatic carbocycles. The number of halogens is 1. The monoisotopic (exact) mass is 544 g/mol. The summed E-state index contributed by atoms with van der Waals surface area (Å²) in [6.45, 7) is 9.72. The summed E-state index contributed by atoms with van der Waals surface area (Å²) in [5, 5.41) is 15.7. The predicted molar refractivity (Wildman–Crippen MR) is 129 cm³/mol. The molecule has 0 radical (unpaired) electrons. The van der Waals surface area contributed by atoms with Gasteiger partial charge in [0.15, 0.2) is 0 Å². The quantitative estimate of drug-likeness (QED) is 0.268. The SMILES string of the molecule is CCCCOc1cc(OCCCC)c(C(C)C)cc1-c1noc(C(=O)NCCO)c1I. The van der Waals surface area contributed by atoms with E-state index in [0.717, 1.165) is 42.6 Å². The van der Waals surface area contributed by atoms with Gasteiger partial charge in [0.2, 0.25) is 5.76 Å². The molecule has 1 amide bonds. The van der Waals surface area contributed by atoms with Crippen molar-refractivity contribution in [1.29, 1.82) is 0 Å². The van der Waals surface area contributed by atoms with E-state index in [1.807, 2.05) is 12.1 Å². The first-order chi connectivity index (χ1) is 14.9. The van der Waals surface area contributed by atoms with Gasteiger partial charge in [0.25, 0.3) is 5.91 Å². The van der Waals surface area contributed by atoms with Crippen molar-refractivity contribution in [2.75, 3.05) is 26.4 Å². The molecule has 0 aliphatic rings. The summed E-state index contributed by atoms with van der Waals surface area (Å²) in [5.41, 5.74) is 2.39. The Bertz CT molecular complexity index is 851. The van der Waals surface area contributed by atoms with Crippen LogP contribution in [-0.2, 0) is 0 Å². The summed E-state index contributed by atoms with van der Waals surface area (Å²) >= 11 is 2.07. The van der Waals surface area contributed by atoms with E-state index >= 15 is 0 Å². The molecule has 2 N–H and O–H groups in total. The van der Waals surface area contributed by atoms with E-state index in [1.165, 1.54) is 0 Å². The smallest absolute Gasteiger partial charge is 0.291 e. The maximum atomic E-state index is 12.3. The first kappa shape index (κ1) is 25.5. The van der Waals surface area contributed by atoms with E-state index in [2.05, 4.69) is 60.8 Å². The van der Waals surface area contributed by atoms with Gasteiger partial charge in [-0.15, -0.1) is 0 Å². The lowest BCUT2D eigenvalue weighted by atomic mass is 9.97. The van der Waals surface area contributed by atoms with Crippen molar-refractivity contribution in [2.45, 2.75) is 59.3 Å². The number of benzene rings is 1. The zero-order valence-electron chi connectivity index (χ0n) is 18.8. The van der Waals surface area contributed by atoms with E-state index in [9.17, 15) is 4.79 Å². The number of nitrogens with zero attached hydrogens (tertiary/aromatic N) is 1. The summed E-state index contributed by atoms with van der Waals surface area (Å²) in [6, 6.07) is 3.97. The first-order valence-corrected chi connectivity index (χ1v) is 12.0. The minimum atomic E-state index is -0.408. The van der Waals surface area contributed by atoms with Crippen LogP contribution in [0.5, 0.6) is 11.5 Å². The average Bonchev–Trinajstić information content (AvgIpc) is 3.13. The zero-order chi connectivity index (χ0) is 22.8. The Morgan fingerprint density at radius 3 is 2.39 bits per heavy atom. The second-order valence-corrected chi connectivity index (χ2v) is 8.68. The molecule has 172 valence electrons. The van der Waals surface area contributed by atoms with Crippen molar-refractivity contribution < 1.29 is 23.9 Å². The molecule has 0 fully saturated rings. The molecule has 0 bridgehead atoms. The Labute approximate surface area is 198 Å². The van der Waals surface area contributed by atoms with E-state index in [4.69, 9.17) is 19.1 Å². The molecule has 1 heterocycles. The summed E-state index contributed by atoms with van der Waals surface area (Å²) in [4.78, 5) is 12.3. The van der Waals surface area contributed by atoms with Gasteiger partial charge >= 0.3 is 0 Å². The van der Waals surface area contributed by atoms with Crippen LogP contribution < -0.4 is 14.8 Å². The van der Waals surface area contributed by atoms with Crippen molar-refractivity contribution in [3.8, 4) is 22.8 Å². The summed E-state index contributed by atoms with van der Waals surface area (Å²) in [6.07, 6.45) is 4.00. The number of aromatic nitrogens is 1. The average molecular weight is 544 g/mol. The third kappa shape index (κ3) is 6.83. The highest BCUT2D eigenvalue weighted by Crippen LogP contribution is 2.41. The summed E-state index contributed by atoms with van der Waals surface area (Å²) in [5.74, 6) is 1.43. The number of nitrogens with one attached hydrogen (secondary N) is 1. The standard InChI is InChI=1S/C23H33IN2O5/c1-5-7-11-29-18-14-19(30-12-8-6-2)17(13-16(18)15(3)4)21-20(24)22(31-26-21)23(28)25-9-10-27/h13-15,27H,5-12H2,1-4H3,(H,25,28). The van der Waals surface area contributed by atoms with Crippen LogP contribution in [0.1, 0.15) is 75.4 Å². The number of amides is 1. The number of carbonyl (C=O) groups excluding carboxylic acids is 1. The number of ether oxygens (including phenoxy) is 2. The molecular weight excluding hydrogens is 511 g/mol. The van der Waals surface area contributed by atoms with Crippen molar-refractivity contribution in [2.24, 2.45) is 0 Å². The Morgan fingerprint density at radius 2 is 1.81 bits per heavy atom. The molecule has 31 heavy (non-hydrogen) atoms. The number of hydrogen-bond acceptors (Lipinski definition) is 6. The molecule has 2 rings (SSSR count). The highest BCUT2D eigenvalue weighted by molar-refractivity contribution is 14.1. The molecule has 0 unspecified atom stereocenters. The van der Waals surface area contributed by atoms with Crippen molar-refractivity contribution in [3.05, 3.63) is 27.0 Å². The molecule has 0 saturated carbocycles. The summed E-state index contributed by atoms with van der Waals surface area (Å²) < 4.78 is 18.1. The number of aliphatic hydroxyl groups is 1. The van der Waals surface area contributed by atoms with Gasteiger partial charge in [-0.05, 0) is 53.0 Å². The third-order valence-electron chi connectivity index (χ3n) is 4.74. The number of hydrogen-bond donors (Lipinski definition) is 2. The first-order valence-electron chi connectivity index (χ1n) is 10.9. The fourth-order valence-electron chi connectivity index (χ4n) is 2.95. The largest absolute Gasteiger partial charge is 0.493 e. The Kier molecular flexibility index (Phi) is 10.6. The van der Waals surface area contributed by atoms with Gasteiger partial charge in [0.1, 0.15) is 17.2 Å². The number of unbranched alkanes of at least 4 members (excludes halogenated alkanes) is 2. The Morgan fingerprint density at radius 1 is 1.16 bits per heavy atom. The van der Waals surface area contributed by atoms with Crippen LogP contribution in [0.3, 0.4) is 0 Å². The molecule has 0 aliphatic heterocycles. The van der Waals surface area contributed by atoms with Crippen LogP contribution in [-0.4, -0.2) is 42.5 Å². The molecule has 2 aromatic rings. The lowest BCUT2D eigenvalue weighted by Gasteiger charge is -2.19. The lowest BCUT2D eigenvalue weighted by Crippen LogP contribution is -2.26. The molecule has 0 saturated heterocycles. The van der Waals surface area contributed by atoms with Crippen LogP contribution in [0.4, 0.5) is 0 Å². The summed E-state index contributed by atoms with van der Waals surface area (Å²) in [7, 11) is 0.